The minimum absolute atomic E-state index is 0.398. The second-order valence-electron chi connectivity index (χ2n) is 4.50. The Morgan fingerprint density at radius 2 is 2.29 bits per heavy atom. The molecule has 1 aromatic heterocycles. The van der Waals surface area contributed by atoms with Crippen LogP contribution >= 0.6 is 0 Å². The van der Waals surface area contributed by atoms with Gasteiger partial charge in [-0.1, -0.05) is 6.07 Å². The van der Waals surface area contributed by atoms with Gasteiger partial charge in [-0.15, -0.1) is 0 Å². The van der Waals surface area contributed by atoms with E-state index in [0.717, 1.165) is 43.2 Å². The normalized spacial score (nSPS) is 16.2. The molecule has 3 rings (SSSR count). The van der Waals surface area contributed by atoms with Gasteiger partial charge in [0.15, 0.2) is 5.58 Å². The van der Waals surface area contributed by atoms with Crippen LogP contribution in [0.4, 0.5) is 0 Å². The molecule has 0 amide bonds. The maximum atomic E-state index is 11.0. The molecule has 0 radical (unpaired) electrons. The second kappa shape index (κ2) is 4.35. The lowest BCUT2D eigenvalue weighted by atomic mass is 10.0. The average Bonchev–Trinajstić information content (AvgIpc) is 2.61. The fourth-order valence-corrected chi connectivity index (χ4v) is 2.02. The van der Waals surface area contributed by atoms with Gasteiger partial charge in [-0.2, -0.15) is 0 Å². The number of aromatic amines is 1. The highest BCUT2D eigenvalue weighted by molar-refractivity contribution is 5.72. The Labute approximate surface area is 98.2 Å². The molecule has 0 spiro atoms. The number of fused-ring (bicyclic) bond motifs is 1. The molecule has 0 aliphatic carbocycles. The molecule has 0 unspecified atom stereocenters. The summed E-state index contributed by atoms with van der Waals surface area (Å²) in [6, 6.07) is 5.76. The number of H-pyrrole nitrogens is 1. The Kier molecular flexibility index (Phi) is 2.70. The van der Waals surface area contributed by atoms with Crippen molar-refractivity contribution in [3.05, 3.63) is 34.3 Å². The quantitative estimate of drug-likeness (QED) is 0.716. The van der Waals surface area contributed by atoms with E-state index in [-0.39, 0.29) is 0 Å². The van der Waals surface area contributed by atoms with Crippen molar-refractivity contribution in [3.8, 4) is 0 Å². The van der Waals surface area contributed by atoms with Crippen LogP contribution in [0.25, 0.3) is 11.1 Å². The second-order valence-corrected chi connectivity index (χ2v) is 4.50. The average molecular weight is 233 g/mol. The van der Waals surface area contributed by atoms with E-state index in [0.29, 0.717) is 5.58 Å². The molecule has 3 N–H and O–H groups in total. The summed E-state index contributed by atoms with van der Waals surface area (Å²) in [6.45, 7) is 4.08. The molecule has 1 aliphatic rings. The summed E-state index contributed by atoms with van der Waals surface area (Å²) in [5.74, 6) is 0.359. The zero-order valence-corrected chi connectivity index (χ0v) is 9.45. The Morgan fingerprint density at radius 3 is 3.06 bits per heavy atom. The number of hydrogen-bond donors (Lipinski definition) is 3. The molecule has 1 saturated heterocycles. The number of rotatable bonds is 4. The van der Waals surface area contributed by atoms with Gasteiger partial charge in [0.1, 0.15) is 0 Å². The molecular weight excluding hydrogens is 218 g/mol. The van der Waals surface area contributed by atoms with Crippen LogP contribution in [-0.2, 0) is 6.54 Å². The number of aromatic nitrogens is 1. The van der Waals surface area contributed by atoms with Gasteiger partial charge in [-0.25, -0.2) is 4.79 Å². The van der Waals surface area contributed by atoms with Gasteiger partial charge in [0.25, 0.3) is 0 Å². The maximum absolute atomic E-state index is 11.0. The zero-order valence-electron chi connectivity index (χ0n) is 9.45. The van der Waals surface area contributed by atoms with Gasteiger partial charge in [0.05, 0.1) is 5.52 Å². The fourth-order valence-electron chi connectivity index (χ4n) is 2.02. The number of nitrogens with one attached hydrogen (secondary N) is 3. The highest BCUT2D eigenvalue weighted by Crippen LogP contribution is 2.12. The lowest BCUT2D eigenvalue weighted by Crippen LogP contribution is -2.47. The standard InChI is InChI=1S/C12H15N3O2/c16-12-15-10-3-8(1-2-11(10)17-12)4-13-5-9-6-14-7-9/h1-3,9,13-14H,4-7H2,(H,15,16). The molecule has 17 heavy (non-hydrogen) atoms. The number of benzene rings is 1. The Balaban J connectivity index is 1.65. The van der Waals surface area contributed by atoms with E-state index in [4.69, 9.17) is 4.42 Å². The van der Waals surface area contributed by atoms with Crippen LogP contribution in [0, 0.1) is 5.92 Å². The number of hydrogen-bond acceptors (Lipinski definition) is 4. The molecule has 2 aromatic rings. The van der Waals surface area contributed by atoms with Crippen molar-refractivity contribution in [1.82, 2.24) is 15.6 Å². The summed E-state index contributed by atoms with van der Waals surface area (Å²) in [5.41, 5.74) is 2.53. The summed E-state index contributed by atoms with van der Waals surface area (Å²) in [7, 11) is 0. The highest BCUT2D eigenvalue weighted by Gasteiger charge is 2.15. The largest absolute Gasteiger partial charge is 0.417 e. The minimum Gasteiger partial charge on any atom is -0.408 e. The predicted molar refractivity (Wildman–Crippen MR) is 64.9 cm³/mol. The van der Waals surface area contributed by atoms with Crippen molar-refractivity contribution >= 4 is 11.1 Å². The maximum Gasteiger partial charge on any atom is 0.417 e. The topological polar surface area (TPSA) is 70.1 Å². The van der Waals surface area contributed by atoms with Crippen LogP contribution in [-0.4, -0.2) is 24.6 Å². The number of oxazole rings is 1. The molecule has 1 aromatic carbocycles. The van der Waals surface area contributed by atoms with Gasteiger partial charge in [-0.05, 0) is 23.6 Å². The van der Waals surface area contributed by atoms with Crippen molar-refractivity contribution in [2.75, 3.05) is 19.6 Å². The van der Waals surface area contributed by atoms with E-state index < -0.39 is 5.76 Å². The third-order valence-electron chi connectivity index (χ3n) is 3.11. The first-order valence-electron chi connectivity index (χ1n) is 5.84. The Bertz CT molecular complexity index is 568. The molecule has 0 atom stereocenters. The summed E-state index contributed by atoms with van der Waals surface area (Å²) in [4.78, 5) is 13.7. The first-order valence-corrected chi connectivity index (χ1v) is 5.84. The summed E-state index contributed by atoms with van der Waals surface area (Å²) < 4.78 is 4.95. The van der Waals surface area contributed by atoms with E-state index in [1.54, 1.807) is 0 Å². The van der Waals surface area contributed by atoms with E-state index in [1.807, 2.05) is 18.2 Å². The van der Waals surface area contributed by atoms with Crippen molar-refractivity contribution < 1.29 is 4.42 Å². The monoisotopic (exact) mass is 233 g/mol. The Hall–Kier alpha value is -1.59. The molecule has 1 aliphatic heterocycles. The molecule has 5 nitrogen and oxygen atoms in total. The van der Waals surface area contributed by atoms with Crippen LogP contribution in [0.5, 0.6) is 0 Å². The van der Waals surface area contributed by atoms with Crippen LogP contribution in [0.3, 0.4) is 0 Å². The molecule has 1 fully saturated rings. The van der Waals surface area contributed by atoms with Crippen molar-refractivity contribution in [1.29, 1.82) is 0 Å². The van der Waals surface area contributed by atoms with Crippen molar-refractivity contribution in [2.24, 2.45) is 5.92 Å². The lowest BCUT2D eigenvalue weighted by Gasteiger charge is -2.27. The summed E-state index contributed by atoms with van der Waals surface area (Å²) in [6.07, 6.45) is 0. The van der Waals surface area contributed by atoms with Crippen molar-refractivity contribution in [2.45, 2.75) is 6.54 Å². The van der Waals surface area contributed by atoms with Crippen LogP contribution in [0.2, 0.25) is 0 Å². The summed E-state index contributed by atoms with van der Waals surface area (Å²) >= 11 is 0. The van der Waals surface area contributed by atoms with Crippen molar-refractivity contribution in [3.63, 3.8) is 0 Å². The SMILES string of the molecule is O=c1[nH]c2cc(CNCC3CNC3)ccc2o1. The molecule has 0 saturated carbocycles. The predicted octanol–water partition coefficient (Wildman–Crippen LogP) is 0.430. The van der Waals surface area contributed by atoms with Gasteiger partial charge >= 0.3 is 5.76 Å². The first-order chi connectivity index (χ1) is 8.31. The van der Waals surface area contributed by atoms with Gasteiger partial charge in [-0.3, -0.25) is 4.98 Å². The van der Waals surface area contributed by atoms with Gasteiger partial charge < -0.3 is 15.1 Å². The van der Waals surface area contributed by atoms with Crippen LogP contribution in [0.1, 0.15) is 5.56 Å². The molecule has 90 valence electrons. The van der Waals surface area contributed by atoms with E-state index in [9.17, 15) is 4.79 Å². The van der Waals surface area contributed by atoms with Gasteiger partial charge in [0.2, 0.25) is 0 Å². The van der Waals surface area contributed by atoms with E-state index in [2.05, 4.69) is 15.6 Å². The van der Waals surface area contributed by atoms with Crippen LogP contribution in [0.15, 0.2) is 27.4 Å². The smallest absolute Gasteiger partial charge is 0.408 e. The highest BCUT2D eigenvalue weighted by atomic mass is 16.4. The van der Waals surface area contributed by atoms with Gasteiger partial charge in [0, 0.05) is 26.2 Å². The van der Waals surface area contributed by atoms with E-state index in [1.165, 1.54) is 0 Å². The molecular formula is C12H15N3O2. The molecule has 0 bridgehead atoms. The van der Waals surface area contributed by atoms with Crippen LogP contribution < -0.4 is 16.4 Å². The third kappa shape index (κ3) is 2.25. The fraction of sp³-hybridized carbons (Fsp3) is 0.417. The minimum atomic E-state index is -0.398. The molecule has 5 heteroatoms. The zero-order chi connectivity index (χ0) is 11.7. The lowest BCUT2D eigenvalue weighted by molar-refractivity contribution is 0.331. The third-order valence-corrected chi connectivity index (χ3v) is 3.11. The molecule has 2 heterocycles. The Morgan fingerprint density at radius 1 is 1.41 bits per heavy atom. The summed E-state index contributed by atoms with van der Waals surface area (Å²) in [5, 5.41) is 6.66. The first kappa shape index (κ1) is 10.6. The van der Waals surface area contributed by atoms with E-state index >= 15 is 0 Å².